The highest BCUT2D eigenvalue weighted by atomic mass is 35.5. The molecule has 0 bridgehead atoms. The minimum Gasteiger partial charge on any atom is -0.355 e. The molecule has 1 aliphatic rings. The van der Waals surface area contributed by atoms with E-state index in [0.29, 0.717) is 29.6 Å². The minimum absolute atomic E-state index is 0.0137. The van der Waals surface area contributed by atoms with E-state index >= 15 is 0 Å². The highest BCUT2D eigenvalue weighted by Gasteiger charge is 2.35. The van der Waals surface area contributed by atoms with Gasteiger partial charge in [0.2, 0.25) is 11.8 Å². The van der Waals surface area contributed by atoms with Crippen LogP contribution in [0.25, 0.3) is 0 Å². The maximum absolute atomic E-state index is 12.4. The summed E-state index contributed by atoms with van der Waals surface area (Å²) in [5, 5.41) is 4.09. The molecule has 0 radical (unpaired) electrons. The average molecular weight is 391 g/mol. The number of amides is 2. The second kappa shape index (κ2) is 8.11. The SMILES string of the molecule is Cc1ccccc1N1CC(C(=O)NCCc2ccc(Cl)cc2Cl)CC1=O. The van der Waals surface area contributed by atoms with Gasteiger partial charge in [-0.1, -0.05) is 47.5 Å². The van der Waals surface area contributed by atoms with Crippen LogP contribution in [0, 0.1) is 12.8 Å². The van der Waals surface area contributed by atoms with Crippen molar-refractivity contribution in [3.8, 4) is 0 Å². The Balaban J connectivity index is 1.56. The molecule has 0 saturated carbocycles. The molecule has 1 N–H and O–H groups in total. The van der Waals surface area contributed by atoms with Crippen molar-refractivity contribution < 1.29 is 9.59 Å². The molecule has 3 rings (SSSR count). The lowest BCUT2D eigenvalue weighted by Gasteiger charge is -2.19. The van der Waals surface area contributed by atoms with Gasteiger partial charge < -0.3 is 10.2 Å². The molecule has 2 amide bonds. The summed E-state index contributed by atoms with van der Waals surface area (Å²) < 4.78 is 0. The summed E-state index contributed by atoms with van der Waals surface area (Å²) in [7, 11) is 0. The summed E-state index contributed by atoms with van der Waals surface area (Å²) in [6.07, 6.45) is 0.853. The third kappa shape index (κ3) is 4.19. The number of para-hydroxylation sites is 1. The van der Waals surface area contributed by atoms with Crippen LogP contribution in [0.15, 0.2) is 42.5 Å². The van der Waals surface area contributed by atoms with Crippen molar-refractivity contribution in [3.05, 3.63) is 63.6 Å². The Morgan fingerprint density at radius 1 is 1.23 bits per heavy atom. The van der Waals surface area contributed by atoms with Gasteiger partial charge in [-0.25, -0.2) is 0 Å². The maximum atomic E-state index is 12.4. The van der Waals surface area contributed by atoms with Gasteiger partial charge in [-0.3, -0.25) is 9.59 Å². The predicted octanol–water partition coefficient (Wildman–Crippen LogP) is 4.01. The first-order valence-electron chi connectivity index (χ1n) is 8.53. The first-order chi connectivity index (χ1) is 12.5. The molecule has 1 saturated heterocycles. The number of carbonyl (C=O) groups excluding carboxylic acids is 2. The zero-order chi connectivity index (χ0) is 18.7. The third-order valence-corrected chi connectivity index (χ3v) is 5.20. The van der Waals surface area contributed by atoms with Gasteiger partial charge in [0, 0.05) is 35.2 Å². The van der Waals surface area contributed by atoms with Crippen molar-refractivity contribution in [1.29, 1.82) is 0 Å². The predicted molar refractivity (Wildman–Crippen MR) is 105 cm³/mol. The second-order valence-corrected chi connectivity index (χ2v) is 7.31. The van der Waals surface area contributed by atoms with Crippen LogP contribution in [0.2, 0.25) is 10.0 Å². The monoisotopic (exact) mass is 390 g/mol. The Morgan fingerprint density at radius 2 is 2.00 bits per heavy atom. The molecule has 136 valence electrons. The Hall–Kier alpha value is -2.04. The number of nitrogens with one attached hydrogen (secondary N) is 1. The Morgan fingerprint density at radius 3 is 2.73 bits per heavy atom. The van der Waals surface area contributed by atoms with E-state index < -0.39 is 0 Å². The Bertz CT molecular complexity index is 838. The van der Waals surface area contributed by atoms with Crippen LogP contribution in [-0.4, -0.2) is 24.9 Å². The Labute approximate surface area is 163 Å². The van der Waals surface area contributed by atoms with Crippen LogP contribution in [0.1, 0.15) is 17.5 Å². The highest BCUT2D eigenvalue weighted by Crippen LogP contribution is 2.27. The van der Waals surface area contributed by atoms with Gasteiger partial charge in [0.25, 0.3) is 0 Å². The normalized spacial score (nSPS) is 16.8. The molecular formula is C20H20Cl2N2O2. The van der Waals surface area contributed by atoms with Crippen LogP contribution in [-0.2, 0) is 16.0 Å². The number of hydrogen-bond donors (Lipinski definition) is 1. The average Bonchev–Trinajstić information content (AvgIpc) is 2.99. The molecular weight excluding hydrogens is 371 g/mol. The first kappa shape index (κ1) is 18.7. The standard InChI is InChI=1S/C20H20Cl2N2O2/c1-13-4-2-3-5-18(13)24-12-15(10-19(24)25)20(26)23-9-8-14-6-7-16(21)11-17(14)22/h2-7,11,15H,8-10,12H2,1H3,(H,23,26). The zero-order valence-electron chi connectivity index (χ0n) is 14.5. The molecule has 2 aromatic rings. The van der Waals surface area contributed by atoms with Crippen LogP contribution >= 0.6 is 23.2 Å². The molecule has 1 heterocycles. The Kier molecular flexibility index (Phi) is 5.84. The topological polar surface area (TPSA) is 49.4 Å². The molecule has 1 fully saturated rings. The van der Waals surface area contributed by atoms with Gasteiger partial charge in [-0.2, -0.15) is 0 Å². The lowest BCUT2D eigenvalue weighted by molar-refractivity contribution is -0.126. The van der Waals surface area contributed by atoms with Gasteiger partial charge in [-0.05, 0) is 42.7 Å². The van der Waals surface area contributed by atoms with Crippen molar-refractivity contribution in [2.75, 3.05) is 18.0 Å². The van der Waals surface area contributed by atoms with Gasteiger partial charge >= 0.3 is 0 Å². The number of nitrogens with zero attached hydrogens (tertiary/aromatic N) is 1. The molecule has 26 heavy (non-hydrogen) atoms. The second-order valence-electron chi connectivity index (χ2n) is 6.47. The number of anilines is 1. The van der Waals surface area contributed by atoms with Crippen LogP contribution in [0.3, 0.4) is 0 Å². The molecule has 2 aromatic carbocycles. The fourth-order valence-electron chi connectivity index (χ4n) is 3.17. The third-order valence-electron chi connectivity index (χ3n) is 4.61. The largest absolute Gasteiger partial charge is 0.355 e. The fourth-order valence-corrected chi connectivity index (χ4v) is 3.67. The number of carbonyl (C=O) groups is 2. The molecule has 1 unspecified atom stereocenters. The summed E-state index contributed by atoms with van der Waals surface area (Å²) in [4.78, 5) is 26.5. The quantitative estimate of drug-likeness (QED) is 0.837. The molecule has 1 atom stereocenters. The van der Waals surface area contributed by atoms with Crippen molar-refractivity contribution in [2.24, 2.45) is 5.92 Å². The smallest absolute Gasteiger partial charge is 0.227 e. The molecule has 0 aliphatic carbocycles. The fraction of sp³-hybridized carbons (Fsp3) is 0.300. The number of rotatable bonds is 5. The van der Waals surface area contributed by atoms with Gasteiger partial charge in [0.1, 0.15) is 0 Å². The van der Waals surface area contributed by atoms with Crippen LogP contribution < -0.4 is 10.2 Å². The van der Waals surface area contributed by atoms with E-state index in [0.717, 1.165) is 16.8 Å². The summed E-state index contributed by atoms with van der Waals surface area (Å²) in [6.45, 7) is 2.85. The summed E-state index contributed by atoms with van der Waals surface area (Å²) in [6, 6.07) is 13.0. The number of halogens is 2. The van der Waals surface area contributed by atoms with Crippen molar-refractivity contribution in [3.63, 3.8) is 0 Å². The van der Waals surface area contributed by atoms with Crippen molar-refractivity contribution in [2.45, 2.75) is 19.8 Å². The van der Waals surface area contributed by atoms with E-state index in [9.17, 15) is 9.59 Å². The van der Waals surface area contributed by atoms with Crippen molar-refractivity contribution in [1.82, 2.24) is 5.32 Å². The number of benzene rings is 2. The number of hydrogen-bond acceptors (Lipinski definition) is 2. The van der Waals surface area contributed by atoms with E-state index in [1.54, 1.807) is 17.0 Å². The maximum Gasteiger partial charge on any atom is 0.227 e. The number of aryl methyl sites for hydroxylation is 1. The van der Waals surface area contributed by atoms with Gasteiger partial charge in [0.05, 0.1) is 5.92 Å². The van der Waals surface area contributed by atoms with Gasteiger partial charge in [0.15, 0.2) is 0 Å². The minimum atomic E-state index is -0.331. The van der Waals surface area contributed by atoms with E-state index in [4.69, 9.17) is 23.2 Å². The molecule has 1 aliphatic heterocycles. The molecule has 0 spiro atoms. The van der Waals surface area contributed by atoms with Crippen LogP contribution in [0.5, 0.6) is 0 Å². The van der Waals surface area contributed by atoms with Crippen molar-refractivity contribution >= 4 is 40.7 Å². The lowest BCUT2D eigenvalue weighted by atomic mass is 10.1. The first-order valence-corrected chi connectivity index (χ1v) is 9.29. The molecule has 0 aromatic heterocycles. The summed E-state index contributed by atoms with van der Waals surface area (Å²) in [5.74, 6) is -0.442. The van der Waals surface area contributed by atoms with E-state index in [-0.39, 0.29) is 24.2 Å². The van der Waals surface area contributed by atoms with Crippen LogP contribution in [0.4, 0.5) is 5.69 Å². The highest BCUT2D eigenvalue weighted by molar-refractivity contribution is 6.35. The molecule has 4 nitrogen and oxygen atoms in total. The zero-order valence-corrected chi connectivity index (χ0v) is 16.0. The molecule has 6 heteroatoms. The van der Waals surface area contributed by atoms with E-state index in [1.165, 1.54) is 0 Å². The summed E-state index contributed by atoms with van der Waals surface area (Å²) >= 11 is 12.0. The van der Waals surface area contributed by atoms with E-state index in [1.807, 2.05) is 37.3 Å². The lowest BCUT2D eigenvalue weighted by Crippen LogP contribution is -2.34. The van der Waals surface area contributed by atoms with Gasteiger partial charge in [-0.15, -0.1) is 0 Å². The van der Waals surface area contributed by atoms with E-state index in [2.05, 4.69) is 5.32 Å². The summed E-state index contributed by atoms with van der Waals surface area (Å²) in [5.41, 5.74) is 2.83.